The number of carbonyl (C=O) groups is 1. The molecule has 0 saturated carbocycles. The molecule has 0 saturated heterocycles. The minimum absolute atomic E-state index is 0.00986. The zero-order valence-electron chi connectivity index (χ0n) is 5.94. The van der Waals surface area contributed by atoms with E-state index < -0.39 is 5.97 Å². The van der Waals surface area contributed by atoms with Crippen molar-refractivity contribution < 1.29 is 14.6 Å². The number of hydrogen-bond acceptors (Lipinski definition) is 3. The maximum atomic E-state index is 10.4. The van der Waals surface area contributed by atoms with E-state index in [0.29, 0.717) is 5.75 Å². The fourth-order valence-electron chi connectivity index (χ4n) is 0.655. The molecule has 0 fully saturated rings. The Morgan fingerprint density at radius 1 is 1.73 bits per heavy atom. The maximum absolute atomic E-state index is 10.4. The molecule has 0 spiro atoms. The van der Waals surface area contributed by atoms with Gasteiger partial charge in [0.05, 0.1) is 7.11 Å². The Morgan fingerprint density at radius 3 is 3.00 bits per heavy atom. The third-order valence-electron chi connectivity index (χ3n) is 1.19. The van der Waals surface area contributed by atoms with Gasteiger partial charge in [0.25, 0.3) is 0 Å². The molecule has 0 unspecified atom stereocenters. The van der Waals surface area contributed by atoms with Gasteiger partial charge >= 0.3 is 5.97 Å². The second-order valence-corrected chi connectivity index (χ2v) is 1.89. The van der Waals surface area contributed by atoms with Gasteiger partial charge in [-0.15, -0.1) is 0 Å². The van der Waals surface area contributed by atoms with Gasteiger partial charge < -0.3 is 9.84 Å². The number of ether oxygens (including phenoxy) is 1. The quantitative estimate of drug-likeness (QED) is 0.682. The third kappa shape index (κ3) is 1.67. The fraction of sp³-hybridized carbons (Fsp3) is 0.143. The third-order valence-corrected chi connectivity index (χ3v) is 1.19. The van der Waals surface area contributed by atoms with Gasteiger partial charge in [-0.2, -0.15) is 0 Å². The first-order valence-corrected chi connectivity index (χ1v) is 2.97. The molecule has 0 radical (unpaired) electrons. The summed E-state index contributed by atoms with van der Waals surface area (Å²) < 4.78 is 4.80. The molecule has 0 bridgehead atoms. The number of nitrogens with zero attached hydrogens (tertiary/aromatic N) is 1. The SMILES string of the molecule is COc1ccnc(C(=O)O)c1. The molecule has 11 heavy (non-hydrogen) atoms. The van der Waals surface area contributed by atoms with Gasteiger partial charge in [0, 0.05) is 12.3 Å². The van der Waals surface area contributed by atoms with E-state index in [2.05, 4.69) is 4.98 Å². The molecule has 0 atom stereocenters. The van der Waals surface area contributed by atoms with Gasteiger partial charge in [-0.3, -0.25) is 0 Å². The van der Waals surface area contributed by atoms with Gasteiger partial charge in [0.2, 0.25) is 0 Å². The van der Waals surface area contributed by atoms with E-state index in [0.717, 1.165) is 0 Å². The molecule has 4 nitrogen and oxygen atoms in total. The van der Waals surface area contributed by atoms with Crippen LogP contribution in [0.25, 0.3) is 0 Å². The van der Waals surface area contributed by atoms with Crippen LogP contribution >= 0.6 is 0 Å². The summed E-state index contributed by atoms with van der Waals surface area (Å²) >= 11 is 0. The van der Waals surface area contributed by atoms with Crippen LogP contribution in [0.4, 0.5) is 0 Å². The Hall–Kier alpha value is -1.58. The molecule has 0 aliphatic carbocycles. The van der Waals surface area contributed by atoms with Crippen LogP contribution in [-0.4, -0.2) is 23.2 Å². The minimum atomic E-state index is -1.05. The van der Waals surface area contributed by atoms with E-state index in [4.69, 9.17) is 9.84 Å². The van der Waals surface area contributed by atoms with Crippen molar-refractivity contribution in [3.63, 3.8) is 0 Å². The van der Waals surface area contributed by atoms with Crippen LogP contribution in [0, 0.1) is 0 Å². The van der Waals surface area contributed by atoms with E-state index in [-0.39, 0.29) is 5.69 Å². The molecular formula is C7H7NO3. The second kappa shape index (κ2) is 3.01. The molecule has 1 aromatic rings. The predicted molar refractivity (Wildman–Crippen MR) is 37.7 cm³/mol. The molecular weight excluding hydrogens is 146 g/mol. The number of rotatable bonds is 2. The lowest BCUT2D eigenvalue weighted by molar-refractivity contribution is 0.0690. The normalized spacial score (nSPS) is 9.18. The van der Waals surface area contributed by atoms with Crippen LogP contribution in [-0.2, 0) is 0 Å². The Balaban J connectivity index is 3.01. The van der Waals surface area contributed by atoms with Gasteiger partial charge in [-0.05, 0) is 6.07 Å². The molecule has 1 N–H and O–H groups in total. The van der Waals surface area contributed by atoms with Gasteiger partial charge in [-0.25, -0.2) is 9.78 Å². The van der Waals surface area contributed by atoms with E-state index in [1.54, 1.807) is 6.07 Å². The summed E-state index contributed by atoms with van der Waals surface area (Å²) in [7, 11) is 1.47. The van der Waals surface area contributed by atoms with Crippen molar-refractivity contribution in [2.75, 3.05) is 7.11 Å². The molecule has 58 valence electrons. The van der Waals surface area contributed by atoms with Crippen LogP contribution in [0.3, 0.4) is 0 Å². The van der Waals surface area contributed by atoms with Crippen molar-refractivity contribution in [1.29, 1.82) is 0 Å². The first-order valence-electron chi connectivity index (χ1n) is 2.97. The van der Waals surface area contributed by atoms with Crippen LogP contribution in [0.1, 0.15) is 10.5 Å². The summed E-state index contributed by atoms with van der Waals surface area (Å²) in [5.41, 5.74) is -0.00986. The molecule has 1 rings (SSSR count). The number of pyridine rings is 1. The highest BCUT2D eigenvalue weighted by Gasteiger charge is 2.03. The fourth-order valence-corrected chi connectivity index (χ4v) is 0.655. The van der Waals surface area contributed by atoms with E-state index in [1.807, 2.05) is 0 Å². The Kier molecular flexibility index (Phi) is 2.06. The predicted octanol–water partition coefficient (Wildman–Crippen LogP) is 0.788. The number of aromatic carboxylic acids is 1. The van der Waals surface area contributed by atoms with Crippen molar-refractivity contribution >= 4 is 5.97 Å². The highest BCUT2D eigenvalue weighted by Crippen LogP contribution is 2.09. The summed E-state index contributed by atoms with van der Waals surface area (Å²) in [6.45, 7) is 0. The number of aromatic nitrogens is 1. The topological polar surface area (TPSA) is 59.4 Å². The molecule has 0 aliphatic heterocycles. The summed E-state index contributed by atoms with van der Waals surface area (Å²) in [6, 6.07) is 2.95. The highest BCUT2D eigenvalue weighted by molar-refractivity contribution is 5.85. The number of hydrogen-bond donors (Lipinski definition) is 1. The molecule has 1 heterocycles. The van der Waals surface area contributed by atoms with E-state index in [1.165, 1.54) is 19.4 Å². The smallest absolute Gasteiger partial charge is 0.354 e. The van der Waals surface area contributed by atoms with Crippen molar-refractivity contribution in [2.24, 2.45) is 0 Å². The molecule has 1 aromatic heterocycles. The number of carboxylic acid groups (broad SMARTS) is 1. The standard InChI is InChI=1S/C7H7NO3/c1-11-5-2-3-8-6(4-5)7(9)10/h2-4H,1H3,(H,9,10). The van der Waals surface area contributed by atoms with Crippen molar-refractivity contribution in [1.82, 2.24) is 4.98 Å². The van der Waals surface area contributed by atoms with Crippen LogP contribution < -0.4 is 4.74 Å². The van der Waals surface area contributed by atoms with E-state index in [9.17, 15) is 4.79 Å². The summed E-state index contributed by atoms with van der Waals surface area (Å²) in [5.74, 6) is -0.554. The molecule has 4 heteroatoms. The lowest BCUT2D eigenvalue weighted by Gasteiger charge is -1.98. The van der Waals surface area contributed by atoms with Crippen LogP contribution in [0.5, 0.6) is 5.75 Å². The Morgan fingerprint density at radius 2 is 2.45 bits per heavy atom. The van der Waals surface area contributed by atoms with E-state index >= 15 is 0 Å². The monoisotopic (exact) mass is 153 g/mol. The average Bonchev–Trinajstić information content (AvgIpc) is 2.05. The highest BCUT2D eigenvalue weighted by atomic mass is 16.5. The summed E-state index contributed by atoms with van der Waals surface area (Å²) in [4.78, 5) is 14.0. The zero-order valence-corrected chi connectivity index (χ0v) is 5.94. The number of carboxylic acids is 1. The molecule has 0 aliphatic rings. The van der Waals surface area contributed by atoms with Crippen molar-refractivity contribution in [3.8, 4) is 5.75 Å². The van der Waals surface area contributed by atoms with Gasteiger partial charge in [0.15, 0.2) is 5.69 Å². The lowest BCUT2D eigenvalue weighted by Crippen LogP contribution is -1.99. The average molecular weight is 153 g/mol. The zero-order chi connectivity index (χ0) is 8.27. The first kappa shape index (κ1) is 7.53. The molecule has 0 amide bonds. The van der Waals surface area contributed by atoms with Crippen LogP contribution in [0.15, 0.2) is 18.3 Å². The second-order valence-electron chi connectivity index (χ2n) is 1.89. The summed E-state index contributed by atoms with van der Waals surface area (Å²) in [6.07, 6.45) is 1.39. The van der Waals surface area contributed by atoms with Crippen molar-refractivity contribution in [2.45, 2.75) is 0 Å². The summed E-state index contributed by atoms with van der Waals surface area (Å²) in [5, 5.41) is 8.49. The largest absolute Gasteiger partial charge is 0.497 e. The van der Waals surface area contributed by atoms with Gasteiger partial charge in [-0.1, -0.05) is 0 Å². The Bertz CT molecular complexity index is 272. The number of methoxy groups -OCH3 is 1. The maximum Gasteiger partial charge on any atom is 0.354 e. The van der Waals surface area contributed by atoms with Crippen LogP contribution in [0.2, 0.25) is 0 Å². The first-order chi connectivity index (χ1) is 5.24. The lowest BCUT2D eigenvalue weighted by atomic mass is 10.3. The molecule has 0 aromatic carbocycles. The van der Waals surface area contributed by atoms with Crippen molar-refractivity contribution in [3.05, 3.63) is 24.0 Å². The van der Waals surface area contributed by atoms with Gasteiger partial charge in [0.1, 0.15) is 5.75 Å². The minimum Gasteiger partial charge on any atom is -0.497 e. The Labute approximate surface area is 63.5 Å².